The van der Waals surface area contributed by atoms with Crippen LogP contribution in [0.15, 0.2) is 24.3 Å². The number of piperidine rings is 1. The fourth-order valence-electron chi connectivity index (χ4n) is 3.14. The summed E-state index contributed by atoms with van der Waals surface area (Å²) in [6.07, 6.45) is -0.211. The fraction of sp³-hybridized carbons (Fsp3) is 0.588. The SMILES string of the molecule is CC(C)(C)OC(=O)N1CC2C(C1)C2NCc1ccc(F)cc1. The van der Waals surface area contributed by atoms with E-state index >= 15 is 0 Å². The van der Waals surface area contributed by atoms with Crippen molar-refractivity contribution in [3.8, 4) is 0 Å². The zero-order chi connectivity index (χ0) is 15.9. The van der Waals surface area contributed by atoms with E-state index < -0.39 is 5.60 Å². The van der Waals surface area contributed by atoms with Gasteiger partial charge in [0.05, 0.1) is 0 Å². The van der Waals surface area contributed by atoms with Crippen LogP contribution in [0.25, 0.3) is 0 Å². The number of nitrogens with one attached hydrogen (secondary N) is 1. The monoisotopic (exact) mass is 306 g/mol. The summed E-state index contributed by atoms with van der Waals surface area (Å²) in [5, 5.41) is 3.50. The van der Waals surface area contributed by atoms with Crippen molar-refractivity contribution in [3.63, 3.8) is 0 Å². The van der Waals surface area contributed by atoms with Crippen molar-refractivity contribution >= 4 is 6.09 Å². The number of likely N-dealkylation sites (tertiary alicyclic amines) is 1. The van der Waals surface area contributed by atoms with Crippen LogP contribution in [-0.2, 0) is 11.3 Å². The summed E-state index contributed by atoms with van der Waals surface area (Å²) in [4.78, 5) is 13.8. The molecule has 1 aromatic rings. The minimum atomic E-state index is -0.440. The molecule has 2 atom stereocenters. The molecule has 120 valence electrons. The van der Waals surface area contributed by atoms with E-state index in [0.717, 1.165) is 25.2 Å². The Morgan fingerprint density at radius 1 is 1.27 bits per heavy atom. The Hall–Kier alpha value is -1.62. The molecule has 1 heterocycles. The summed E-state index contributed by atoms with van der Waals surface area (Å²) in [5.74, 6) is 0.834. The summed E-state index contributed by atoms with van der Waals surface area (Å²) in [7, 11) is 0. The lowest BCUT2D eigenvalue weighted by molar-refractivity contribution is 0.0269. The minimum Gasteiger partial charge on any atom is -0.444 e. The molecule has 4 nitrogen and oxygen atoms in total. The van der Waals surface area contributed by atoms with E-state index in [-0.39, 0.29) is 11.9 Å². The average molecular weight is 306 g/mol. The van der Waals surface area contributed by atoms with E-state index in [2.05, 4.69) is 5.32 Å². The molecule has 5 heteroatoms. The molecule has 1 aliphatic carbocycles. The maximum Gasteiger partial charge on any atom is 0.410 e. The highest BCUT2D eigenvalue weighted by Gasteiger charge is 2.56. The zero-order valence-corrected chi connectivity index (χ0v) is 13.3. The quantitative estimate of drug-likeness (QED) is 0.933. The Morgan fingerprint density at radius 3 is 2.41 bits per heavy atom. The molecule has 0 aromatic heterocycles. The van der Waals surface area contributed by atoms with Crippen molar-refractivity contribution in [2.45, 2.75) is 39.0 Å². The molecule has 1 saturated heterocycles. The van der Waals surface area contributed by atoms with Gasteiger partial charge in [-0.25, -0.2) is 9.18 Å². The number of fused-ring (bicyclic) bond motifs is 1. The van der Waals surface area contributed by atoms with E-state index in [1.54, 1.807) is 17.0 Å². The molecule has 1 N–H and O–H groups in total. The second-order valence-electron chi connectivity index (χ2n) is 7.25. The van der Waals surface area contributed by atoms with Crippen molar-refractivity contribution < 1.29 is 13.9 Å². The lowest BCUT2D eigenvalue weighted by Crippen LogP contribution is -2.39. The van der Waals surface area contributed by atoms with Crippen molar-refractivity contribution in [1.82, 2.24) is 10.2 Å². The number of halogens is 1. The highest BCUT2D eigenvalue weighted by atomic mass is 19.1. The van der Waals surface area contributed by atoms with Crippen LogP contribution in [0.5, 0.6) is 0 Å². The Kier molecular flexibility index (Phi) is 3.85. The standard InChI is InChI=1S/C17H23FN2O2/c1-17(2,3)22-16(21)20-9-13-14(10-20)15(13)19-8-11-4-6-12(18)7-5-11/h4-7,13-15,19H,8-10H2,1-3H3. The number of hydrogen-bond donors (Lipinski definition) is 1. The molecule has 3 rings (SSSR count). The molecule has 1 aromatic carbocycles. The summed E-state index contributed by atoms with van der Waals surface area (Å²) in [6.45, 7) is 7.92. The summed E-state index contributed by atoms with van der Waals surface area (Å²) in [5.41, 5.74) is 0.639. The number of benzene rings is 1. The number of nitrogens with zero attached hydrogens (tertiary/aromatic N) is 1. The third kappa shape index (κ3) is 3.40. The molecular weight excluding hydrogens is 283 g/mol. The predicted octanol–water partition coefficient (Wildman–Crippen LogP) is 2.78. The van der Waals surface area contributed by atoms with Crippen molar-refractivity contribution in [2.75, 3.05) is 13.1 Å². The van der Waals surface area contributed by atoms with Gasteiger partial charge in [0.2, 0.25) is 0 Å². The summed E-state index contributed by atoms with van der Waals surface area (Å²) in [6, 6.07) is 7.02. The van der Waals surface area contributed by atoms with Gasteiger partial charge in [0.25, 0.3) is 0 Å². The smallest absolute Gasteiger partial charge is 0.410 e. The van der Waals surface area contributed by atoms with Crippen LogP contribution in [0.2, 0.25) is 0 Å². The number of carbonyl (C=O) groups excluding carboxylic acids is 1. The van der Waals surface area contributed by atoms with E-state index in [1.807, 2.05) is 20.8 Å². The van der Waals surface area contributed by atoms with Gasteiger partial charge in [-0.1, -0.05) is 12.1 Å². The third-order valence-corrected chi connectivity index (χ3v) is 4.30. The number of amides is 1. The van der Waals surface area contributed by atoms with Crippen LogP contribution in [0.3, 0.4) is 0 Å². The van der Waals surface area contributed by atoms with E-state index in [9.17, 15) is 9.18 Å². The normalized spacial score (nSPS) is 26.7. The van der Waals surface area contributed by atoms with Gasteiger partial charge in [0.1, 0.15) is 11.4 Å². The molecule has 2 unspecified atom stereocenters. The van der Waals surface area contributed by atoms with Gasteiger partial charge in [-0.3, -0.25) is 0 Å². The Bertz CT molecular complexity index is 541. The minimum absolute atomic E-state index is 0.208. The Labute approximate surface area is 130 Å². The van der Waals surface area contributed by atoms with E-state index in [1.165, 1.54) is 12.1 Å². The molecule has 0 bridgehead atoms. The molecule has 0 radical (unpaired) electrons. The molecule has 1 amide bonds. The van der Waals surface area contributed by atoms with Crippen LogP contribution in [0.4, 0.5) is 9.18 Å². The summed E-state index contributed by atoms with van der Waals surface area (Å²) < 4.78 is 18.2. The topological polar surface area (TPSA) is 41.6 Å². The van der Waals surface area contributed by atoms with Crippen molar-refractivity contribution in [1.29, 1.82) is 0 Å². The summed E-state index contributed by atoms with van der Waals surface area (Å²) >= 11 is 0. The van der Waals surface area contributed by atoms with Crippen LogP contribution in [0.1, 0.15) is 26.3 Å². The molecular formula is C17H23FN2O2. The highest BCUT2D eigenvalue weighted by molar-refractivity contribution is 5.69. The second kappa shape index (κ2) is 5.54. The molecule has 2 aliphatic rings. The average Bonchev–Trinajstić information content (AvgIpc) is 2.88. The molecule has 1 aliphatic heterocycles. The second-order valence-corrected chi connectivity index (χ2v) is 7.25. The van der Waals surface area contributed by atoms with Crippen LogP contribution >= 0.6 is 0 Å². The van der Waals surface area contributed by atoms with Gasteiger partial charge < -0.3 is 15.0 Å². The fourth-order valence-corrected chi connectivity index (χ4v) is 3.14. The van der Waals surface area contributed by atoms with Gasteiger partial charge in [-0.2, -0.15) is 0 Å². The third-order valence-electron chi connectivity index (χ3n) is 4.30. The number of hydrogen-bond acceptors (Lipinski definition) is 3. The lowest BCUT2D eigenvalue weighted by atomic mass is 10.2. The molecule has 2 fully saturated rings. The Balaban J connectivity index is 1.43. The van der Waals surface area contributed by atoms with E-state index in [0.29, 0.717) is 17.9 Å². The Morgan fingerprint density at radius 2 is 1.86 bits per heavy atom. The number of ether oxygens (including phenoxy) is 1. The molecule has 1 saturated carbocycles. The molecule has 0 spiro atoms. The van der Waals surface area contributed by atoms with Crippen molar-refractivity contribution in [3.05, 3.63) is 35.6 Å². The lowest BCUT2D eigenvalue weighted by Gasteiger charge is -2.26. The molecule has 22 heavy (non-hydrogen) atoms. The first kappa shape index (κ1) is 15.3. The first-order valence-corrected chi connectivity index (χ1v) is 7.79. The zero-order valence-electron chi connectivity index (χ0n) is 13.3. The first-order chi connectivity index (χ1) is 10.3. The highest BCUT2D eigenvalue weighted by Crippen LogP contribution is 2.45. The number of carbonyl (C=O) groups is 1. The maximum atomic E-state index is 12.9. The van der Waals surface area contributed by atoms with E-state index in [4.69, 9.17) is 4.74 Å². The van der Waals surface area contributed by atoms with Gasteiger partial charge >= 0.3 is 6.09 Å². The van der Waals surface area contributed by atoms with Gasteiger partial charge in [-0.15, -0.1) is 0 Å². The van der Waals surface area contributed by atoms with Gasteiger partial charge in [0.15, 0.2) is 0 Å². The van der Waals surface area contributed by atoms with Gasteiger partial charge in [0, 0.05) is 25.7 Å². The first-order valence-electron chi connectivity index (χ1n) is 7.79. The van der Waals surface area contributed by atoms with Crippen LogP contribution in [-0.4, -0.2) is 35.7 Å². The van der Waals surface area contributed by atoms with Gasteiger partial charge in [-0.05, 0) is 50.3 Å². The predicted molar refractivity (Wildman–Crippen MR) is 81.8 cm³/mol. The van der Waals surface area contributed by atoms with Crippen LogP contribution < -0.4 is 5.32 Å². The largest absolute Gasteiger partial charge is 0.444 e. The number of rotatable bonds is 3. The van der Waals surface area contributed by atoms with Crippen LogP contribution in [0, 0.1) is 17.7 Å². The maximum absolute atomic E-state index is 12.9. The van der Waals surface area contributed by atoms with Crippen molar-refractivity contribution in [2.24, 2.45) is 11.8 Å².